The Labute approximate surface area is 165 Å². The number of carbonyl (C=O) groups is 2. The van der Waals surface area contributed by atoms with Gasteiger partial charge in [-0.15, -0.1) is 0 Å². The molecular weight excluding hydrogens is 422 g/mol. The highest BCUT2D eigenvalue weighted by atomic mass is 79.9. The number of nitrogens with zero attached hydrogens (tertiary/aromatic N) is 1. The first-order valence-electron chi connectivity index (χ1n) is 7.98. The van der Waals surface area contributed by atoms with E-state index in [0.717, 1.165) is 5.56 Å². The molecule has 0 aliphatic carbocycles. The van der Waals surface area contributed by atoms with Gasteiger partial charge in [0.15, 0.2) is 6.04 Å². The number of carboxylic acid groups (broad SMARTS) is 1. The lowest BCUT2D eigenvalue weighted by molar-refractivity contribution is -0.143. The first-order chi connectivity index (χ1) is 12.3. The van der Waals surface area contributed by atoms with Crippen molar-refractivity contribution in [3.05, 3.63) is 69.2 Å². The molecule has 0 aliphatic heterocycles. The lowest BCUT2D eigenvalue weighted by atomic mass is 10.0. The van der Waals surface area contributed by atoms with E-state index in [-0.39, 0.29) is 11.6 Å². The number of carboxylic acids is 1. The number of ether oxygens (including phenoxy) is 1. The van der Waals surface area contributed by atoms with E-state index >= 15 is 0 Å². The minimum absolute atomic E-state index is 0.0570. The number of halogens is 2. The van der Waals surface area contributed by atoms with Gasteiger partial charge in [0.05, 0.1) is 0 Å². The van der Waals surface area contributed by atoms with Gasteiger partial charge in [-0.1, -0.05) is 57.9 Å². The Bertz CT molecular complexity index is 782. The number of rotatable bonds is 6. The van der Waals surface area contributed by atoms with Crippen molar-refractivity contribution < 1.29 is 19.4 Å². The summed E-state index contributed by atoms with van der Waals surface area (Å²) < 4.78 is 6.01. The number of amides is 1. The summed E-state index contributed by atoms with van der Waals surface area (Å²) in [6, 6.07) is 12.4. The molecule has 0 saturated carbocycles. The predicted molar refractivity (Wildman–Crippen MR) is 103 cm³/mol. The fourth-order valence-electron chi connectivity index (χ4n) is 2.53. The van der Waals surface area contributed by atoms with Gasteiger partial charge in [0.2, 0.25) is 0 Å². The van der Waals surface area contributed by atoms with E-state index in [1.54, 1.807) is 32.0 Å². The molecule has 0 radical (unpaired) electrons. The zero-order valence-electron chi connectivity index (χ0n) is 14.4. The van der Waals surface area contributed by atoms with Gasteiger partial charge in [-0.05, 0) is 37.6 Å². The molecule has 7 heteroatoms. The van der Waals surface area contributed by atoms with Crippen LogP contribution < -0.4 is 0 Å². The highest BCUT2D eigenvalue weighted by Crippen LogP contribution is 2.32. The maximum Gasteiger partial charge on any atom is 0.411 e. The van der Waals surface area contributed by atoms with E-state index in [1.807, 2.05) is 30.3 Å². The van der Waals surface area contributed by atoms with Crippen molar-refractivity contribution in [2.45, 2.75) is 32.5 Å². The Morgan fingerprint density at radius 1 is 1.19 bits per heavy atom. The third-order valence-electron chi connectivity index (χ3n) is 3.74. The third-order valence-corrected chi connectivity index (χ3v) is 4.57. The van der Waals surface area contributed by atoms with E-state index in [2.05, 4.69) is 15.9 Å². The molecule has 0 fully saturated rings. The van der Waals surface area contributed by atoms with Crippen LogP contribution in [0.2, 0.25) is 5.02 Å². The van der Waals surface area contributed by atoms with Crippen molar-refractivity contribution in [1.82, 2.24) is 4.90 Å². The van der Waals surface area contributed by atoms with Crippen LogP contribution in [0.5, 0.6) is 0 Å². The normalized spacial score (nSPS) is 11.9. The zero-order chi connectivity index (χ0) is 19.3. The second-order valence-electron chi connectivity index (χ2n) is 5.95. The van der Waals surface area contributed by atoms with Crippen LogP contribution in [-0.2, 0) is 16.1 Å². The molecule has 0 saturated heterocycles. The summed E-state index contributed by atoms with van der Waals surface area (Å²) in [5.41, 5.74) is 1.14. The van der Waals surface area contributed by atoms with Gasteiger partial charge in [0.1, 0.15) is 6.61 Å². The molecule has 0 bridgehead atoms. The quantitative estimate of drug-likeness (QED) is 0.664. The third kappa shape index (κ3) is 4.99. The summed E-state index contributed by atoms with van der Waals surface area (Å²) in [6.45, 7) is 3.51. The van der Waals surface area contributed by atoms with Crippen molar-refractivity contribution in [3.8, 4) is 0 Å². The number of benzene rings is 2. The van der Waals surface area contributed by atoms with Gasteiger partial charge in [0.25, 0.3) is 0 Å². The van der Waals surface area contributed by atoms with Gasteiger partial charge in [-0.25, -0.2) is 9.59 Å². The van der Waals surface area contributed by atoms with Crippen LogP contribution in [0.4, 0.5) is 4.79 Å². The first-order valence-corrected chi connectivity index (χ1v) is 9.15. The molecule has 1 amide bonds. The molecule has 1 atom stereocenters. The van der Waals surface area contributed by atoms with Gasteiger partial charge >= 0.3 is 12.1 Å². The maximum atomic E-state index is 12.7. The van der Waals surface area contributed by atoms with Crippen molar-refractivity contribution in [2.24, 2.45) is 0 Å². The number of aliphatic carboxylic acids is 1. The molecule has 1 unspecified atom stereocenters. The van der Waals surface area contributed by atoms with Crippen LogP contribution in [0, 0.1) is 0 Å². The van der Waals surface area contributed by atoms with E-state index in [4.69, 9.17) is 16.3 Å². The number of carbonyl (C=O) groups excluding carboxylic acids is 1. The summed E-state index contributed by atoms with van der Waals surface area (Å²) in [4.78, 5) is 25.8. The molecule has 1 N–H and O–H groups in total. The van der Waals surface area contributed by atoms with Crippen LogP contribution in [0.3, 0.4) is 0 Å². The number of hydrogen-bond donors (Lipinski definition) is 1. The summed E-state index contributed by atoms with van der Waals surface area (Å²) in [6.07, 6.45) is -0.715. The SMILES string of the molecule is CC(C)N(C(=O)OCc1ccccc1)C(C(=O)O)c1cc(Br)ccc1Cl. The molecule has 138 valence electrons. The highest BCUT2D eigenvalue weighted by molar-refractivity contribution is 9.10. The Balaban J connectivity index is 2.30. The van der Waals surface area contributed by atoms with E-state index < -0.39 is 24.1 Å². The Morgan fingerprint density at radius 3 is 2.42 bits per heavy atom. The molecule has 2 aromatic carbocycles. The van der Waals surface area contributed by atoms with Crippen molar-refractivity contribution in [3.63, 3.8) is 0 Å². The molecule has 2 rings (SSSR count). The van der Waals surface area contributed by atoms with Crippen molar-refractivity contribution >= 4 is 39.6 Å². The second-order valence-corrected chi connectivity index (χ2v) is 7.27. The van der Waals surface area contributed by atoms with E-state index in [0.29, 0.717) is 10.0 Å². The largest absolute Gasteiger partial charge is 0.479 e. The van der Waals surface area contributed by atoms with E-state index in [9.17, 15) is 14.7 Å². The minimum Gasteiger partial charge on any atom is -0.479 e. The lowest BCUT2D eigenvalue weighted by Gasteiger charge is -2.32. The second kappa shape index (κ2) is 9.05. The molecule has 0 aromatic heterocycles. The van der Waals surface area contributed by atoms with Crippen molar-refractivity contribution in [2.75, 3.05) is 0 Å². The van der Waals surface area contributed by atoms with Crippen LogP contribution in [-0.4, -0.2) is 28.1 Å². The fraction of sp³-hybridized carbons (Fsp3) is 0.263. The van der Waals surface area contributed by atoms with Crippen LogP contribution in [0.15, 0.2) is 53.0 Å². The smallest absolute Gasteiger partial charge is 0.411 e. The maximum absolute atomic E-state index is 12.7. The molecule has 0 spiro atoms. The zero-order valence-corrected chi connectivity index (χ0v) is 16.7. The van der Waals surface area contributed by atoms with Crippen LogP contribution in [0.25, 0.3) is 0 Å². The van der Waals surface area contributed by atoms with E-state index in [1.165, 1.54) is 4.90 Å². The average molecular weight is 441 g/mol. The Morgan fingerprint density at radius 2 is 1.85 bits per heavy atom. The molecule has 0 heterocycles. The van der Waals surface area contributed by atoms with Crippen LogP contribution in [0.1, 0.15) is 31.0 Å². The molecule has 2 aromatic rings. The van der Waals surface area contributed by atoms with Gasteiger partial charge in [0, 0.05) is 21.1 Å². The Kier molecular flexibility index (Phi) is 7.06. The lowest BCUT2D eigenvalue weighted by Crippen LogP contribution is -2.43. The minimum atomic E-state index is -1.26. The molecule has 26 heavy (non-hydrogen) atoms. The van der Waals surface area contributed by atoms with Gasteiger partial charge in [-0.3, -0.25) is 4.90 Å². The number of hydrogen-bond acceptors (Lipinski definition) is 3. The molecule has 0 aliphatic rings. The average Bonchev–Trinajstić information content (AvgIpc) is 2.60. The van der Waals surface area contributed by atoms with Crippen LogP contribution >= 0.6 is 27.5 Å². The first kappa shape index (κ1) is 20.3. The fourth-order valence-corrected chi connectivity index (χ4v) is 3.13. The van der Waals surface area contributed by atoms with Gasteiger partial charge in [-0.2, -0.15) is 0 Å². The molecular formula is C19H19BrClNO4. The highest BCUT2D eigenvalue weighted by Gasteiger charge is 2.35. The monoisotopic (exact) mass is 439 g/mol. The standard InChI is InChI=1S/C19H19BrClNO4/c1-12(2)22(19(25)26-11-13-6-4-3-5-7-13)17(18(23)24)15-10-14(20)8-9-16(15)21/h3-10,12,17H,11H2,1-2H3,(H,23,24). The summed E-state index contributed by atoms with van der Waals surface area (Å²) >= 11 is 9.51. The summed E-state index contributed by atoms with van der Waals surface area (Å²) in [5.74, 6) is -1.18. The summed E-state index contributed by atoms with van der Waals surface area (Å²) in [7, 11) is 0. The topological polar surface area (TPSA) is 66.8 Å². The Hall–Kier alpha value is -2.05. The van der Waals surface area contributed by atoms with Gasteiger partial charge < -0.3 is 9.84 Å². The van der Waals surface area contributed by atoms with Crippen molar-refractivity contribution in [1.29, 1.82) is 0 Å². The predicted octanol–water partition coefficient (Wildman–Crippen LogP) is 5.28. The molecule has 5 nitrogen and oxygen atoms in total. The summed E-state index contributed by atoms with van der Waals surface area (Å²) in [5, 5.41) is 10.0.